The molecule has 0 spiro atoms. The Bertz CT molecular complexity index is 447. The number of aliphatic hydroxyl groups excluding tert-OH is 1. The van der Waals surface area contributed by atoms with E-state index >= 15 is 0 Å². The lowest BCUT2D eigenvalue weighted by molar-refractivity contribution is -0.124. The first-order valence-electron chi connectivity index (χ1n) is 7.66. The molecule has 0 fully saturated rings. The summed E-state index contributed by atoms with van der Waals surface area (Å²) in [7, 11) is 0. The highest BCUT2D eigenvalue weighted by Crippen LogP contribution is 2.20. The summed E-state index contributed by atoms with van der Waals surface area (Å²) in [6.07, 6.45) is 2.50. The van der Waals surface area contributed by atoms with Gasteiger partial charge in [-0.05, 0) is 44.1 Å². The van der Waals surface area contributed by atoms with Crippen molar-refractivity contribution in [3.8, 4) is 0 Å². The smallest absolute Gasteiger partial charge is 0.223 e. The van der Waals surface area contributed by atoms with Crippen molar-refractivity contribution in [3.05, 3.63) is 17.0 Å². The second kappa shape index (κ2) is 7.59. The first-order chi connectivity index (χ1) is 9.76. The van der Waals surface area contributed by atoms with E-state index in [0.29, 0.717) is 13.0 Å². The fourth-order valence-corrected chi connectivity index (χ4v) is 2.31. The van der Waals surface area contributed by atoms with Crippen LogP contribution in [0.3, 0.4) is 0 Å². The Hall–Kier alpha value is -1.36. The van der Waals surface area contributed by atoms with Crippen molar-refractivity contribution in [2.24, 2.45) is 11.3 Å². The van der Waals surface area contributed by atoms with Gasteiger partial charge in [0, 0.05) is 24.8 Å². The largest absolute Gasteiger partial charge is 0.396 e. The molecule has 0 aromatic carbocycles. The van der Waals surface area contributed by atoms with E-state index in [1.54, 1.807) is 0 Å². The van der Waals surface area contributed by atoms with Crippen LogP contribution in [0.1, 0.15) is 50.6 Å². The van der Waals surface area contributed by atoms with Crippen LogP contribution in [0, 0.1) is 25.2 Å². The van der Waals surface area contributed by atoms with Crippen molar-refractivity contribution in [1.29, 1.82) is 0 Å². The van der Waals surface area contributed by atoms with E-state index in [2.05, 4.69) is 15.5 Å². The van der Waals surface area contributed by atoms with Crippen molar-refractivity contribution < 1.29 is 9.90 Å². The maximum absolute atomic E-state index is 12.1. The molecule has 1 aromatic heterocycles. The van der Waals surface area contributed by atoms with Crippen LogP contribution in [0.2, 0.25) is 0 Å². The van der Waals surface area contributed by atoms with Gasteiger partial charge in [0.15, 0.2) is 0 Å². The molecule has 1 atom stereocenters. The molecule has 1 rings (SSSR count). The summed E-state index contributed by atoms with van der Waals surface area (Å²) in [4.78, 5) is 12.1. The number of aliphatic hydroxyl groups is 1. The van der Waals surface area contributed by atoms with Crippen LogP contribution in [0.5, 0.6) is 0 Å². The van der Waals surface area contributed by atoms with Gasteiger partial charge in [-0.1, -0.05) is 20.8 Å². The molecule has 21 heavy (non-hydrogen) atoms. The average Bonchev–Trinajstić information content (AvgIpc) is 2.75. The van der Waals surface area contributed by atoms with Gasteiger partial charge in [0.1, 0.15) is 0 Å². The monoisotopic (exact) mass is 295 g/mol. The summed E-state index contributed by atoms with van der Waals surface area (Å²) in [5.74, 6) is 0.0163. The highest BCUT2D eigenvalue weighted by molar-refractivity contribution is 5.78. The van der Waals surface area contributed by atoms with Gasteiger partial charge >= 0.3 is 0 Å². The maximum Gasteiger partial charge on any atom is 0.223 e. The SMILES string of the molecule is Cc1n[nH]c(C)c1CC(C)C(=O)NCCCC(C)(C)CO. The first kappa shape index (κ1) is 17.7. The summed E-state index contributed by atoms with van der Waals surface area (Å²) >= 11 is 0. The Morgan fingerprint density at radius 1 is 1.43 bits per heavy atom. The predicted octanol–water partition coefficient (Wildman–Crippen LogP) is 2.12. The number of carbonyl (C=O) groups excluding carboxylic acids is 1. The van der Waals surface area contributed by atoms with Crippen LogP contribution >= 0.6 is 0 Å². The summed E-state index contributed by atoms with van der Waals surface area (Å²) in [5.41, 5.74) is 3.08. The molecule has 120 valence electrons. The third-order valence-corrected chi connectivity index (χ3v) is 4.00. The third kappa shape index (κ3) is 5.50. The van der Waals surface area contributed by atoms with Gasteiger partial charge in [-0.15, -0.1) is 0 Å². The maximum atomic E-state index is 12.1. The zero-order valence-corrected chi connectivity index (χ0v) is 13.9. The van der Waals surface area contributed by atoms with E-state index in [0.717, 1.165) is 29.8 Å². The molecule has 5 nitrogen and oxygen atoms in total. The molecule has 5 heteroatoms. The van der Waals surface area contributed by atoms with Crippen molar-refractivity contribution >= 4 is 5.91 Å². The number of H-pyrrole nitrogens is 1. The minimum absolute atomic E-state index is 0.0640. The van der Waals surface area contributed by atoms with Gasteiger partial charge in [-0.3, -0.25) is 9.89 Å². The Balaban J connectivity index is 2.35. The van der Waals surface area contributed by atoms with Crippen LogP contribution in [0.25, 0.3) is 0 Å². The van der Waals surface area contributed by atoms with Crippen molar-refractivity contribution in [1.82, 2.24) is 15.5 Å². The van der Waals surface area contributed by atoms with Crippen molar-refractivity contribution in [3.63, 3.8) is 0 Å². The quantitative estimate of drug-likeness (QED) is 0.643. The molecule has 0 aliphatic heterocycles. The normalized spacial score (nSPS) is 13.2. The van der Waals surface area contributed by atoms with Crippen molar-refractivity contribution in [2.45, 2.75) is 53.9 Å². The Labute approximate surface area is 127 Å². The number of aromatic amines is 1. The topological polar surface area (TPSA) is 78.0 Å². The van der Waals surface area contributed by atoms with E-state index in [9.17, 15) is 9.90 Å². The summed E-state index contributed by atoms with van der Waals surface area (Å²) < 4.78 is 0. The third-order valence-electron chi connectivity index (χ3n) is 4.00. The lowest BCUT2D eigenvalue weighted by Crippen LogP contribution is -2.32. The number of aryl methyl sites for hydroxylation is 2. The van der Waals surface area contributed by atoms with Gasteiger partial charge < -0.3 is 10.4 Å². The molecule has 1 heterocycles. The molecule has 1 unspecified atom stereocenters. The molecule has 0 aliphatic rings. The Kier molecular flexibility index (Phi) is 6.40. The average molecular weight is 295 g/mol. The highest BCUT2D eigenvalue weighted by Gasteiger charge is 2.18. The first-order valence-corrected chi connectivity index (χ1v) is 7.66. The number of hydrogen-bond donors (Lipinski definition) is 3. The Morgan fingerprint density at radius 2 is 2.10 bits per heavy atom. The summed E-state index contributed by atoms with van der Waals surface area (Å²) in [6, 6.07) is 0. The van der Waals surface area contributed by atoms with Crippen LogP contribution in [0.15, 0.2) is 0 Å². The lowest BCUT2D eigenvalue weighted by atomic mass is 9.89. The molecule has 0 bridgehead atoms. The van der Waals surface area contributed by atoms with E-state index in [1.165, 1.54) is 0 Å². The van der Waals surface area contributed by atoms with E-state index in [1.807, 2.05) is 34.6 Å². The number of carbonyl (C=O) groups is 1. The highest BCUT2D eigenvalue weighted by atomic mass is 16.3. The fraction of sp³-hybridized carbons (Fsp3) is 0.750. The van der Waals surface area contributed by atoms with Gasteiger partial charge in [-0.25, -0.2) is 0 Å². The minimum atomic E-state index is -0.0681. The molecule has 0 aliphatic carbocycles. The molecular formula is C16H29N3O2. The van der Waals surface area contributed by atoms with Gasteiger partial charge in [0.05, 0.1) is 5.69 Å². The number of rotatable bonds is 8. The lowest BCUT2D eigenvalue weighted by Gasteiger charge is -2.21. The molecule has 1 aromatic rings. The molecule has 0 saturated heterocycles. The van der Waals surface area contributed by atoms with Crippen molar-refractivity contribution in [2.75, 3.05) is 13.2 Å². The zero-order chi connectivity index (χ0) is 16.0. The molecule has 0 saturated carbocycles. The number of hydrogen-bond acceptors (Lipinski definition) is 3. The number of aromatic nitrogens is 2. The predicted molar refractivity (Wildman–Crippen MR) is 84.0 cm³/mol. The molecular weight excluding hydrogens is 266 g/mol. The van der Waals surface area contributed by atoms with Gasteiger partial charge in [-0.2, -0.15) is 5.10 Å². The second-order valence-corrected chi connectivity index (χ2v) is 6.73. The van der Waals surface area contributed by atoms with E-state index in [-0.39, 0.29) is 23.8 Å². The summed E-state index contributed by atoms with van der Waals surface area (Å²) in [5, 5.41) is 19.3. The zero-order valence-electron chi connectivity index (χ0n) is 13.9. The van der Waals surface area contributed by atoms with Crippen LogP contribution < -0.4 is 5.32 Å². The molecule has 1 amide bonds. The number of amides is 1. The Morgan fingerprint density at radius 3 is 2.62 bits per heavy atom. The van der Waals surface area contributed by atoms with Gasteiger partial charge in [0.2, 0.25) is 5.91 Å². The van der Waals surface area contributed by atoms with Gasteiger partial charge in [0.25, 0.3) is 0 Å². The van der Waals surface area contributed by atoms with E-state index in [4.69, 9.17) is 0 Å². The minimum Gasteiger partial charge on any atom is -0.396 e. The standard InChI is InChI=1S/C16H29N3O2/c1-11(9-14-12(2)18-19-13(14)3)15(21)17-8-6-7-16(4,5)10-20/h11,20H,6-10H2,1-5H3,(H,17,21)(H,18,19). The van der Waals surface area contributed by atoms with Crippen LogP contribution in [-0.4, -0.2) is 34.4 Å². The van der Waals surface area contributed by atoms with Crippen LogP contribution in [-0.2, 0) is 11.2 Å². The molecule has 0 radical (unpaired) electrons. The fourth-order valence-electron chi connectivity index (χ4n) is 2.31. The molecule has 3 N–H and O–H groups in total. The second-order valence-electron chi connectivity index (χ2n) is 6.73. The summed E-state index contributed by atoms with van der Waals surface area (Å²) in [6.45, 7) is 10.8. The number of nitrogens with zero attached hydrogens (tertiary/aromatic N) is 1. The van der Waals surface area contributed by atoms with E-state index < -0.39 is 0 Å². The number of nitrogens with one attached hydrogen (secondary N) is 2. The van der Waals surface area contributed by atoms with Crippen LogP contribution in [0.4, 0.5) is 0 Å².